The van der Waals surface area contributed by atoms with Crippen molar-refractivity contribution in [3.8, 4) is 5.75 Å². The molecule has 3 nitrogen and oxygen atoms in total. The van der Waals surface area contributed by atoms with E-state index >= 15 is 0 Å². The zero-order valence-electron chi connectivity index (χ0n) is 11.1. The Balaban J connectivity index is 1.97. The van der Waals surface area contributed by atoms with E-state index in [4.69, 9.17) is 15.2 Å². The summed E-state index contributed by atoms with van der Waals surface area (Å²) in [5.41, 5.74) is 8.22. The zero-order chi connectivity index (χ0) is 12.8. The number of ether oxygens (including phenoxy) is 2. The van der Waals surface area contributed by atoms with Gasteiger partial charge in [0.15, 0.2) is 0 Å². The van der Waals surface area contributed by atoms with Crippen LogP contribution in [-0.4, -0.2) is 18.8 Å². The average molecular weight is 247 g/mol. The van der Waals surface area contributed by atoms with Gasteiger partial charge in [-0.3, -0.25) is 0 Å². The number of hydrogen-bond donors (Lipinski definition) is 1. The average Bonchev–Trinajstić information content (AvgIpc) is 2.89. The summed E-state index contributed by atoms with van der Waals surface area (Å²) in [4.78, 5) is 0. The Morgan fingerprint density at radius 1 is 1.39 bits per heavy atom. The zero-order valence-corrected chi connectivity index (χ0v) is 11.1. The van der Waals surface area contributed by atoms with Crippen LogP contribution in [0.4, 0.5) is 0 Å². The summed E-state index contributed by atoms with van der Waals surface area (Å²) in [6.07, 6.45) is 2.13. The lowest BCUT2D eigenvalue weighted by atomic mass is 9.93. The van der Waals surface area contributed by atoms with Crippen LogP contribution in [0.3, 0.4) is 0 Å². The van der Waals surface area contributed by atoms with Crippen LogP contribution in [0.2, 0.25) is 0 Å². The van der Waals surface area contributed by atoms with E-state index in [9.17, 15) is 0 Å². The highest BCUT2D eigenvalue weighted by atomic mass is 16.5. The first-order chi connectivity index (χ1) is 8.61. The Bertz CT molecular complexity index is 456. The maximum Gasteiger partial charge on any atom is 0.129 e. The summed E-state index contributed by atoms with van der Waals surface area (Å²) >= 11 is 0. The minimum absolute atomic E-state index is 0.102. The highest BCUT2D eigenvalue weighted by Crippen LogP contribution is 2.44. The SMILES string of the molecule is CC1(C)Cc2cccc(C3OCCC3CN)c2O1. The van der Waals surface area contributed by atoms with Crippen molar-refractivity contribution in [2.24, 2.45) is 11.7 Å². The van der Waals surface area contributed by atoms with E-state index in [-0.39, 0.29) is 11.7 Å². The van der Waals surface area contributed by atoms with Crippen molar-refractivity contribution >= 4 is 0 Å². The third kappa shape index (κ3) is 1.91. The molecule has 0 saturated carbocycles. The highest BCUT2D eigenvalue weighted by molar-refractivity contribution is 5.47. The van der Waals surface area contributed by atoms with Crippen molar-refractivity contribution in [3.63, 3.8) is 0 Å². The Morgan fingerprint density at radius 2 is 2.22 bits per heavy atom. The Kier molecular flexibility index (Phi) is 2.83. The summed E-state index contributed by atoms with van der Waals surface area (Å²) in [5.74, 6) is 1.46. The molecule has 1 aromatic rings. The molecule has 2 unspecified atom stereocenters. The molecule has 2 heterocycles. The van der Waals surface area contributed by atoms with Gasteiger partial charge in [0, 0.05) is 24.5 Å². The third-order valence-electron chi connectivity index (χ3n) is 3.95. The number of nitrogens with two attached hydrogens (primary N) is 1. The van der Waals surface area contributed by atoms with Gasteiger partial charge in [-0.05, 0) is 32.4 Å². The van der Waals surface area contributed by atoms with E-state index in [1.807, 2.05) is 0 Å². The van der Waals surface area contributed by atoms with E-state index < -0.39 is 0 Å². The van der Waals surface area contributed by atoms with Gasteiger partial charge >= 0.3 is 0 Å². The summed E-state index contributed by atoms with van der Waals surface area (Å²) < 4.78 is 12.0. The molecule has 3 heteroatoms. The van der Waals surface area contributed by atoms with Crippen LogP contribution in [0.25, 0.3) is 0 Å². The molecule has 0 spiro atoms. The lowest BCUT2D eigenvalue weighted by molar-refractivity contribution is 0.0834. The monoisotopic (exact) mass is 247 g/mol. The van der Waals surface area contributed by atoms with Gasteiger partial charge < -0.3 is 15.2 Å². The van der Waals surface area contributed by atoms with Gasteiger partial charge in [-0.25, -0.2) is 0 Å². The maximum atomic E-state index is 6.11. The fraction of sp³-hybridized carbons (Fsp3) is 0.600. The van der Waals surface area contributed by atoms with Gasteiger partial charge in [-0.1, -0.05) is 18.2 Å². The van der Waals surface area contributed by atoms with Crippen LogP contribution in [0, 0.1) is 5.92 Å². The Morgan fingerprint density at radius 3 is 3.00 bits per heavy atom. The van der Waals surface area contributed by atoms with Crippen molar-refractivity contribution in [2.75, 3.05) is 13.2 Å². The molecule has 1 saturated heterocycles. The molecule has 98 valence electrons. The van der Waals surface area contributed by atoms with Gasteiger partial charge in [-0.15, -0.1) is 0 Å². The number of benzene rings is 1. The van der Waals surface area contributed by atoms with Crippen LogP contribution >= 0.6 is 0 Å². The molecule has 18 heavy (non-hydrogen) atoms. The molecular formula is C15H21NO2. The molecule has 0 amide bonds. The second-order valence-corrected chi connectivity index (χ2v) is 5.95. The predicted octanol–water partition coefficient (Wildman–Crippen LogP) is 2.44. The predicted molar refractivity (Wildman–Crippen MR) is 70.7 cm³/mol. The van der Waals surface area contributed by atoms with E-state index in [2.05, 4.69) is 32.0 Å². The summed E-state index contributed by atoms with van der Waals surface area (Å²) in [7, 11) is 0. The summed E-state index contributed by atoms with van der Waals surface area (Å²) in [5, 5.41) is 0. The minimum atomic E-state index is -0.102. The molecule has 2 aliphatic heterocycles. The van der Waals surface area contributed by atoms with Crippen molar-refractivity contribution < 1.29 is 9.47 Å². The van der Waals surface area contributed by atoms with E-state index in [1.165, 1.54) is 11.1 Å². The first-order valence-corrected chi connectivity index (χ1v) is 6.73. The van der Waals surface area contributed by atoms with E-state index in [0.717, 1.165) is 25.2 Å². The number of para-hydroxylation sites is 1. The van der Waals surface area contributed by atoms with Crippen LogP contribution < -0.4 is 10.5 Å². The standard InChI is InChI=1S/C15H21NO2/c1-15(2)8-10-4-3-5-12(14(10)18-15)13-11(9-16)6-7-17-13/h3-5,11,13H,6-9,16H2,1-2H3. The Labute approximate surface area is 108 Å². The molecule has 2 atom stereocenters. The summed E-state index contributed by atoms with van der Waals surface area (Å²) in [6, 6.07) is 6.38. The lowest BCUT2D eigenvalue weighted by Crippen LogP contribution is -2.25. The highest BCUT2D eigenvalue weighted by Gasteiger charge is 2.37. The fourth-order valence-electron chi connectivity index (χ4n) is 3.08. The first kappa shape index (κ1) is 12.0. The topological polar surface area (TPSA) is 44.5 Å². The second kappa shape index (κ2) is 4.25. The molecule has 1 aromatic carbocycles. The second-order valence-electron chi connectivity index (χ2n) is 5.95. The molecule has 1 fully saturated rings. The fourth-order valence-corrected chi connectivity index (χ4v) is 3.08. The van der Waals surface area contributed by atoms with Crippen LogP contribution in [0.1, 0.15) is 37.5 Å². The van der Waals surface area contributed by atoms with Gasteiger partial charge in [0.25, 0.3) is 0 Å². The molecule has 2 aliphatic rings. The van der Waals surface area contributed by atoms with Crippen molar-refractivity contribution in [3.05, 3.63) is 29.3 Å². The summed E-state index contributed by atoms with van der Waals surface area (Å²) in [6.45, 7) is 5.75. The van der Waals surface area contributed by atoms with Crippen molar-refractivity contribution in [1.82, 2.24) is 0 Å². The third-order valence-corrected chi connectivity index (χ3v) is 3.95. The van der Waals surface area contributed by atoms with Crippen molar-refractivity contribution in [2.45, 2.75) is 38.4 Å². The molecule has 0 bridgehead atoms. The molecular weight excluding hydrogens is 226 g/mol. The Hall–Kier alpha value is -1.06. The van der Waals surface area contributed by atoms with Gasteiger partial charge in [-0.2, -0.15) is 0 Å². The smallest absolute Gasteiger partial charge is 0.129 e. The van der Waals surface area contributed by atoms with Gasteiger partial charge in [0.2, 0.25) is 0 Å². The molecule has 2 N–H and O–H groups in total. The van der Waals surface area contributed by atoms with Crippen LogP contribution in [0.15, 0.2) is 18.2 Å². The number of fused-ring (bicyclic) bond motifs is 1. The van der Waals surface area contributed by atoms with Crippen LogP contribution in [0.5, 0.6) is 5.75 Å². The molecule has 3 rings (SSSR count). The maximum absolute atomic E-state index is 6.11. The van der Waals surface area contributed by atoms with E-state index in [1.54, 1.807) is 0 Å². The largest absolute Gasteiger partial charge is 0.487 e. The van der Waals surface area contributed by atoms with E-state index in [0.29, 0.717) is 12.5 Å². The van der Waals surface area contributed by atoms with Crippen molar-refractivity contribution in [1.29, 1.82) is 0 Å². The quantitative estimate of drug-likeness (QED) is 0.873. The molecule has 0 aliphatic carbocycles. The van der Waals surface area contributed by atoms with Gasteiger partial charge in [0.1, 0.15) is 11.4 Å². The first-order valence-electron chi connectivity index (χ1n) is 6.73. The molecule has 0 radical (unpaired) electrons. The number of hydrogen-bond acceptors (Lipinski definition) is 3. The lowest BCUT2D eigenvalue weighted by Gasteiger charge is -2.22. The molecule has 0 aromatic heterocycles. The minimum Gasteiger partial charge on any atom is -0.487 e. The van der Waals surface area contributed by atoms with Crippen LogP contribution in [-0.2, 0) is 11.2 Å². The van der Waals surface area contributed by atoms with Gasteiger partial charge in [0.05, 0.1) is 6.10 Å². The number of rotatable bonds is 2. The normalized spacial score (nSPS) is 29.1.